The second kappa shape index (κ2) is 10.2. The van der Waals surface area contributed by atoms with Crippen LogP contribution in [0.25, 0.3) is 0 Å². The van der Waals surface area contributed by atoms with Gasteiger partial charge in [-0.2, -0.15) is 4.98 Å². The fraction of sp³-hybridized carbons (Fsp3) is 0.250. The molecular formula is C20H21N7O7. The number of nitrogens with zero attached hydrogens (tertiary/aromatic N) is 3. The van der Waals surface area contributed by atoms with Crippen LogP contribution < -0.4 is 26.8 Å². The summed E-state index contributed by atoms with van der Waals surface area (Å²) in [5, 5.41) is 23.1. The van der Waals surface area contributed by atoms with Gasteiger partial charge in [-0.15, -0.1) is 0 Å². The molecule has 1 aromatic heterocycles. The highest BCUT2D eigenvalue weighted by Crippen LogP contribution is 2.22. The first kappa shape index (κ1) is 23.9. The number of nitrogens with one attached hydrogen (secondary N) is 3. The zero-order valence-electron chi connectivity index (χ0n) is 17.6. The van der Waals surface area contributed by atoms with Gasteiger partial charge < -0.3 is 31.5 Å². The standard InChI is InChI=1S/C20H21N7O7/c21-20-25-16-15(18(32)26-20)23-11(7-22-16)8-27(9-28)12-3-1-10(2-4-12)17(31)24-13(19(33)34)5-6-14(29)30/h1-4,9,13H,5-8H2,(H,24,31)(H,29,30)(H,33,34)(H4,21,22,25,26,32)/t13-/m0/s1. The average molecular weight is 471 g/mol. The highest BCUT2D eigenvalue weighted by atomic mass is 16.4. The minimum atomic E-state index is -1.36. The van der Waals surface area contributed by atoms with E-state index in [0.717, 1.165) is 0 Å². The Hall–Kier alpha value is -4.75. The first-order valence-corrected chi connectivity index (χ1v) is 9.95. The zero-order valence-corrected chi connectivity index (χ0v) is 17.6. The van der Waals surface area contributed by atoms with E-state index in [2.05, 4.69) is 25.6 Å². The summed E-state index contributed by atoms with van der Waals surface area (Å²) in [7, 11) is 0. The van der Waals surface area contributed by atoms with Gasteiger partial charge in [0, 0.05) is 17.7 Å². The Balaban J connectivity index is 1.70. The Morgan fingerprint density at radius 3 is 2.56 bits per heavy atom. The Bertz CT molecular complexity index is 1210. The van der Waals surface area contributed by atoms with Crippen molar-refractivity contribution >= 4 is 53.1 Å². The molecule has 0 radical (unpaired) electrons. The van der Waals surface area contributed by atoms with Gasteiger partial charge in [-0.05, 0) is 30.7 Å². The number of aromatic nitrogens is 2. The molecule has 14 nitrogen and oxygen atoms in total. The molecule has 0 aliphatic carbocycles. The number of carboxylic acids is 2. The molecule has 14 heteroatoms. The summed E-state index contributed by atoms with van der Waals surface area (Å²) in [6.45, 7) is 0.266. The van der Waals surface area contributed by atoms with E-state index in [1.807, 2.05) is 0 Å². The Kier molecular flexibility index (Phi) is 7.20. The van der Waals surface area contributed by atoms with E-state index in [4.69, 9.17) is 10.8 Å². The molecule has 2 amide bonds. The van der Waals surface area contributed by atoms with Gasteiger partial charge in [0.25, 0.3) is 11.5 Å². The second-order valence-corrected chi connectivity index (χ2v) is 7.26. The fourth-order valence-electron chi connectivity index (χ4n) is 3.14. The lowest BCUT2D eigenvalue weighted by atomic mass is 10.1. The van der Waals surface area contributed by atoms with Crippen LogP contribution >= 0.6 is 0 Å². The van der Waals surface area contributed by atoms with Crippen molar-refractivity contribution in [1.82, 2.24) is 15.3 Å². The molecule has 0 bridgehead atoms. The van der Waals surface area contributed by atoms with Crippen LogP contribution in [0.1, 0.15) is 23.2 Å². The number of hydrogen-bond donors (Lipinski definition) is 6. The lowest BCUT2D eigenvalue weighted by Gasteiger charge is -2.22. The minimum Gasteiger partial charge on any atom is -0.481 e. The predicted molar refractivity (Wildman–Crippen MR) is 120 cm³/mol. The molecule has 1 aliphatic rings. The number of anilines is 3. The van der Waals surface area contributed by atoms with Crippen molar-refractivity contribution < 1.29 is 29.4 Å². The maximum Gasteiger partial charge on any atom is 0.326 e. The summed E-state index contributed by atoms with van der Waals surface area (Å²) in [5.41, 5.74) is 6.04. The van der Waals surface area contributed by atoms with Gasteiger partial charge in [-0.1, -0.05) is 0 Å². The third-order valence-electron chi connectivity index (χ3n) is 4.83. The Morgan fingerprint density at radius 1 is 1.24 bits per heavy atom. The van der Waals surface area contributed by atoms with Crippen molar-refractivity contribution in [3.8, 4) is 0 Å². The smallest absolute Gasteiger partial charge is 0.326 e. The molecule has 1 aromatic carbocycles. The summed E-state index contributed by atoms with van der Waals surface area (Å²) in [5.74, 6) is -3.04. The molecule has 0 spiro atoms. The van der Waals surface area contributed by atoms with Gasteiger partial charge in [0.1, 0.15) is 6.04 Å². The molecule has 1 aliphatic heterocycles. The van der Waals surface area contributed by atoms with Gasteiger partial charge >= 0.3 is 11.9 Å². The van der Waals surface area contributed by atoms with Gasteiger partial charge in [-0.3, -0.25) is 24.2 Å². The lowest BCUT2D eigenvalue weighted by Crippen LogP contribution is -2.41. The van der Waals surface area contributed by atoms with Gasteiger partial charge in [0.15, 0.2) is 11.5 Å². The van der Waals surface area contributed by atoms with E-state index in [1.165, 1.54) is 29.2 Å². The largest absolute Gasteiger partial charge is 0.481 e. The third-order valence-corrected chi connectivity index (χ3v) is 4.83. The summed E-state index contributed by atoms with van der Waals surface area (Å²) in [6, 6.07) is 4.39. The maximum atomic E-state index is 12.4. The molecule has 0 saturated carbocycles. The molecule has 2 aromatic rings. The number of rotatable bonds is 10. The maximum absolute atomic E-state index is 12.4. The van der Waals surface area contributed by atoms with Crippen LogP contribution in [0.15, 0.2) is 34.1 Å². The molecule has 0 unspecified atom stereocenters. The van der Waals surface area contributed by atoms with E-state index in [9.17, 15) is 29.1 Å². The second-order valence-electron chi connectivity index (χ2n) is 7.26. The fourth-order valence-corrected chi connectivity index (χ4v) is 3.14. The van der Waals surface area contributed by atoms with Crippen molar-refractivity contribution in [2.75, 3.05) is 29.0 Å². The summed E-state index contributed by atoms with van der Waals surface area (Å²) in [4.78, 5) is 69.9. The van der Waals surface area contributed by atoms with Gasteiger partial charge in [-0.25, -0.2) is 9.79 Å². The molecule has 0 fully saturated rings. The van der Waals surface area contributed by atoms with E-state index in [-0.39, 0.29) is 42.5 Å². The number of amides is 2. The van der Waals surface area contributed by atoms with Crippen LogP contribution in [-0.4, -0.2) is 69.3 Å². The number of nitrogens with two attached hydrogens (primary N) is 1. The molecule has 34 heavy (non-hydrogen) atoms. The van der Waals surface area contributed by atoms with Crippen molar-refractivity contribution in [3.05, 3.63) is 40.2 Å². The summed E-state index contributed by atoms with van der Waals surface area (Å²) < 4.78 is 0. The van der Waals surface area contributed by atoms with Crippen LogP contribution in [0.2, 0.25) is 0 Å². The Morgan fingerprint density at radius 2 is 1.94 bits per heavy atom. The normalized spacial score (nSPS) is 13.0. The van der Waals surface area contributed by atoms with Crippen LogP contribution in [0.3, 0.4) is 0 Å². The Labute approximate surface area is 191 Å². The van der Waals surface area contributed by atoms with Gasteiger partial charge in [0.05, 0.1) is 18.8 Å². The van der Waals surface area contributed by atoms with E-state index < -0.39 is 35.9 Å². The number of carboxylic acid groups (broad SMARTS) is 2. The van der Waals surface area contributed by atoms with Crippen LogP contribution in [-0.2, 0) is 14.4 Å². The molecule has 178 valence electrons. The average Bonchev–Trinajstić information content (AvgIpc) is 2.80. The number of H-pyrrole nitrogens is 1. The molecule has 2 heterocycles. The number of aliphatic carboxylic acids is 2. The highest BCUT2D eigenvalue weighted by Gasteiger charge is 2.22. The van der Waals surface area contributed by atoms with Crippen molar-refractivity contribution in [3.63, 3.8) is 0 Å². The van der Waals surface area contributed by atoms with E-state index in [1.54, 1.807) is 0 Å². The lowest BCUT2D eigenvalue weighted by molar-refractivity contribution is -0.140. The van der Waals surface area contributed by atoms with Crippen molar-refractivity contribution in [2.45, 2.75) is 18.9 Å². The van der Waals surface area contributed by atoms with Crippen LogP contribution in [0.4, 0.5) is 23.1 Å². The van der Waals surface area contributed by atoms with Crippen LogP contribution in [0, 0.1) is 0 Å². The molecular weight excluding hydrogens is 450 g/mol. The number of aliphatic imine (C=N–C) groups is 1. The van der Waals surface area contributed by atoms with E-state index >= 15 is 0 Å². The number of nitrogen functional groups attached to an aromatic ring is 1. The van der Waals surface area contributed by atoms with Crippen LogP contribution in [0.5, 0.6) is 0 Å². The SMILES string of the molecule is Nc1nc2c(c(=O)[nH]1)N=C(CN(C=O)c1ccc(C(=O)N[C@@H](CCC(=O)O)C(=O)O)cc1)CN2. The number of carbonyl (C=O) groups is 4. The number of benzene rings is 1. The van der Waals surface area contributed by atoms with Crippen molar-refractivity contribution in [2.24, 2.45) is 4.99 Å². The minimum absolute atomic E-state index is 0.0432. The quantitative estimate of drug-likeness (QED) is 0.245. The first-order chi connectivity index (χ1) is 16.2. The van der Waals surface area contributed by atoms with E-state index in [0.29, 0.717) is 17.8 Å². The predicted octanol–water partition coefficient (Wildman–Crippen LogP) is -0.439. The molecule has 1 atom stereocenters. The first-order valence-electron chi connectivity index (χ1n) is 9.95. The zero-order chi connectivity index (χ0) is 24.8. The molecule has 0 saturated heterocycles. The monoisotopic (exact) mass is 471 g/mol. The number of carbonyl (C=O) groups excluding carboxylic acids is 2. The number of fused-ring (bicyclic) bond motifs is 1. The number of hydrogen-bond acceptors (Lipinski definition) is 9. The van der Waals surface area contributed by atoms with Crippen molar-refractivity contribution in [1.29, 1.82) is 0 Å². The van der Waals surface area contributed by atoms with Gasteiger partial charge in [0.2, 0.25) is 12.4 Å². The topological polar surface area (TPSA) is 220 Å². The highest BCUT2D eigenvalue weighted by molar-refractivity contribution is 6.01. The molecule has 3 rings (SSSR count). The summed E-state index contributed by atoms with van der Waals surface area (Å²) in [6.07, 6.45) is -0.119. The summed E-state index contributed by atoms with van der Waals surface area (Å²) >= 11 is 0. The molecule has 7 N–H and O–H groups in total. The third kappa shape index (κ3) is 5.73. The number of aromatic amines is 1.